The average molecular weight is 276 g/mol. The van der Waals surface area contributed by atoms with Gasteiger partial charge in [-0.15, -0.1) is 23.5 Å². The van der Waals surface area contributed by atoms with Crippen molar-refractivity contribution in [2.24, 2.45) is 0 Å². The lowest BCUT2D eigenvalue weighted by Crippen LogP contribution is -1.88. The van der Waals surface area contributed by atoms with Gasteiger partial charge in [-0.25, -0.2) is 0 Å². The summed E-state index contributed by atoms with van der Waals surface area (Å²) in [4.78, 5) is 2.55. The van der Waals surface area contributed by atoms with Gasteiger partial charge >= 0.3 is 0 Å². The van der Waals surface area contributed by atoms with Crippen LogP contribution in [0.4, 0.5) is 0 Å². The van der Waals surface area contributed by atoms with Crippen molar-refractivity contribution in [3.63, 3.8) is 0 Å². The minimum absolute atomic E-state index is 0.965. The number of hydrogen-bond donors (Lipinski definition) is 0. The van der Waals surface area contributed by atoms with E-state index in [1.165, 1.54) is 9.79 Å². The first-order valence-electron chi connectivity index (χ1n) is 5.84. The average Bonchev–Trinajstić information content (AvgIpc) is 2.45. The topological polar surface area (TPSA) is 9.23 Å². The van der Waals surface area contributed by atoms with E-state index in [2.05, 4.69) is 36.4 Å². The third kappa shape index (κ3) is 4.00. The molecule has 0 spiro atoms. The van der Waals surface area contributed by atoms with Gasteiger partial charge in [-0.05, 0) is 24.3 Å². The normalized spacial score (nSPS) is 10.3. The number of thioether (sulfide) groups is 2. The van der Waals surface area contributed by atoms with Gasteiger partial charge in [-0.1, -0.05) is 30.3 Å². The first-order valence-corrected chi connectivity index (χ1v) is 7.81. The second-order valence-electron chi connectivity index (χ2n) is 3.66. The Kier molecular flexibility index (Phi) is 5.49. The smallest absolute Gasteiger partial charge is 0.132 e. The fraction of sp³-hybridized carbons (Fsp3) is 0.200. The van der Waals surface area contributed by atoms with Crippen LogP contribution in [0.5, 0.6) is 5.75 Å². The third-order valence-electron chi connectivity index (χ3n) is 2.42. The molecule has 2 aromatic carbocycles. The molecular weight excluding hydrogens is 260 g/mol. The van der Waals surface area contributed by atoms with Gasteiger partial charge in [0, 0.05) is 21.3 Å². The molecule has 0 N–H and O–H groups in total. The molecule has 0 heterocycles. The van der Waals surface area contributed by atoms with E-state index in [1.54, 1.807) is 7.11 Å². The van der Waals surface area contributed by atoms with Gasteiger partial charge in [-0.3, -0.25) is 0 Å². The van der Waals surface area contributed by atoms with E-state index in [0.717, 1.165) is 17.3 Å². The zero-order valence-electron chi connectivity index (χ0n) is 10.3. The van der Waals surface area contributed by atoms with E-state index < -0.39 is 0 Å². The van der Waals surface area contributed by atoms with Crippen LogP contribution in [0.25, 0.3) is 0 Å². The van der Waals surface area contributed by atoms with Gasteiger partial charge in [0.05, 0.1) is 7.11 Å². The summed E-state index contributed by atoms with van der Waals surface area (Å²) in [6.45, 7) is 0. The van der Waals surface area contributed by atoms with Crippen molar-refractivity contribution in [1.29, 1.82) is 0 Å². The molecule has 3 heteroatoms. The van der Waals surface area contributed by atoms with Crippen molar-refractivity contribution < 1.29 is 4.74 Å². The van der Waals surface area contributed by atoms with Crippen LogP contribution in [0.2, 0.25) is 0 Å². The van der Waals surface area contributed by atoms with Crippen LogP contribution in [-0.2, 0) is 0 Å². The summed E-state index contributed by atoms with van der Waals surface area (Å²) in [6.07, 6.45) is 0. The lowest BCUT2D eigenvalue weighted by atomic mass is 10.3. The van der Waals surface area contributed by atoms with Gasteiger partial charge < -0.3 is 4.74 Å². The largest absolute Gasteiger partial charge is 0.496 e. The van der Waals surface area contributed by atoms with Gasteiger partial charge in [0.1, 0.15) is 5.75 Å². The summed E-state index contributed by atoms with van der Waals surface area (Å²) in [6, 6.07) is 18.7. The highest BCUT2D eigenvalue weighted by atomic mass is 32.2. The first kappa shape index (κ1) is 13.4. The fourth-order valence-corrected chi connectivity index (χ4v) is 3.51. The Morgan fingerprint density at radius 1 is 0.833 bits per heavy atom. The Morgan fingerprint density at radius 2 is 1.50 bits per heavy atom. The second-order valence-corrected chi connectivity index (χ2v) is 5.97. The van der Waals surface area contributed by atoms with Gasteiger partial charge in [0.2, 0.25) is 0 Å². The molecule has 94 valence electrons. The predicted octanol–water partition coefficient (Wildman–Crippen LogP) is 4.58. The van der Waals surface area contributed by atoms with Crippen LogP contribution in [0.15, 0.2) is 64.4 Å². The highest BCUT2D eigenvalue weighted by Gasteiger charge is 2.01. The summed E-state index contributed by atoms with van der Waals surface area (Å²) in [5.41, 5.74) is 0. The zero-order valence-corrected chi connectivity index (χ0v) is 12.0. The highest BCUT2D eigenvalue weighted by Crippen LogP contribution is 2.29. The Bertz CT molecular complexity index is 471. The van der Waals surface area contributed by atoms with Gasteiger partial charge in [0.25, 0.3) is 0 Å². The summed E-state index contributed by atoms with van der Waals surface area (Å²) in [7, 11) is 1.72. The van der Waals surface area contributed by atoms with Crippen LogP contribution in [0.3, 0.4) is 0 Å². The summed E-state index contributed by atoms with van der Waals surface area (Å²) < 4.78 is 5.33. The number of hydrogen-bond acceptors (Lipinski definition) is 3. The maximum atomic E-state index is 5.33. The molecular formula is C15H16OS2. The number of benzene rings is 2. The molecule has 0 radical (unpaired) electrons. The van der Waals surface area contributed by atoms with Crippen LogP contribution < -0.4 is 4.74 Å². The monoisotopic (exact) mass is 276 g/mol. The molecule has 1 nitrogen and oxygen atoms in total. The molecule has 0 atom stereocenters. The zero-order chi connectivity index (χ0) is 12.6. The second kappa shape index (κ2) is 7.39. The van der Waals surface area contributed by atoms with E-state index in [9.17, 15) is 0 Å². The quantitative estimate of drug-likeness (QED) is 0.564. The molecule has 0 fully saturated rings. The number of para-hydroxylation sites is 1. The van der Waals surface area contributed by atoms with Crippen LogP contribution in [0.1, 0.15) is 0 Å². The van der Waals surface area contributed by atoms with Crippen LogP contribution >= 0.6 is 23.5 Å². The number of ether oxygens (including phenoxy) is 1. The standard InChI is InChI=1S/C15H16OS2/c1-16-14-9-5-6-10-15(14)18-12-11-17-13-7-3-2-4-8-13/h2-10H,11-12H2,1H3. The van der Waals surface area contributed by atoms with E-state index in [4.69, 9.17) is 4.74 Å². The van der Waals surface area contributed by atoms with Crippen LogP contribution in [-0.4, -0.2) is 18.6 Å². The van der Waals surface area contributed by atoms with Crippen molar-refractivity contribution in [1.82, 2.24) is 0 Å². The van der Waals surface area contributed by atoms with Crippen molar-refractivity contribution in [2.75, 3.05) is 18.6 Å². The summed E-state index contributed by atoms with van der Waals surface area (Å²) in [5.74, 6) is 3.15. The molecule has 18 heavy (non-hydrogen) atoms. The first-order chi connectivity index (χ1) is 8.90. The lowest BCUT2D eigenvalue weighted by Gasteiger charge is -2.07. The molecule has 2 rings (SSSR count). The summed E-state index contributed by atoms with van der Waals surface area (Å²) >= 11 is 3.74. The molecule has 0 aromatic heterocycles. The Morgan fingerprint density at radius 3 is 2.28 bits per heavy atom. The molecule has 0 aliphatic carbocycles. The molecule has 2 aromatic rings. The van der Waals surface area contributed by atoms with E-state index in [-0.39, 0.29) is 0 Å². The maximum Gasteiger partial charge on any atom is 0.132 e. The molecule has 0 bridgehead atoms. The Labute approximate surface area is 117 Å². The lowest BCUT2D eigenvalue weighted by molar-refractivity contribution is 0.405. The van der Waals surface area contributed by atoms with Crippen molar-refractivity contribution in [3.05, 3.63) is 54.6 Å². The minimum Gasteiger partial charge on any atom is -0.496 e. The van der Waals surface area contributed by atoms with Crippen molar-refractivity contribution in [2.45, 2.75) is 9.79 Å². The van der Waals surface area contributed by atoms with Crippen molar-refractivity contribution >= 4 is 23.5 Å². The third-order valence-corrected chi connectivity index (χ3v) is 4.75. The maximum absolute atomic E-state index is 5.33. The number of methoxy groups -OCH3 is 1. The Balaban J connectivity index is 1.78. The Hall–Kier alpha value is -1.06. The number of rotatable bonds is 6. The van der Waals surface area contributed by atoms with Gasteiger partial charge in [-0.2, -0.15) is 0 Å². The van der Waals surface area contributed by atoms with Crippen LogP contribution in [0, 0.1) is 0 Å². The molecule has 0 aliphatic heterocycles. The molecule has 0 amide bonds. The minimum atomic E-state index is 0.965. The van der Waals surface area contributed by atoms with Gasteiger partial charge in [0.15, 0.2) is 0 Å². The highest BCUT2D eigenvalue weighted by molar-refractivity contribution is 8.03. The SMILES string of the molecule is COc1ccccc1SCCSc1ccccc1. The predicted molar refractivity (Wildman–Crippen MR) is 80.9 cm³/mol. The van der Waals surface area contributed by atoms with E-state index in [1.807, 2.05) is 41.7 Å². The van der Waals surface area contributed by atoms with E-state index in [0.29, 0.717) is 0 Å². The molecule has 0 aliphatic rings. The summed E-state index contributed by atoms with van der Waals surface area (Å²) in [5, 5.41) is 0. The molecule has 0 unspecified atom stereocenters. The fourth-order valence-electron chi connectivity index (χ4n) is 1.57. The van der Waals surface area contributed by atoms with Crippen molar-refractivity contribution in [3.8, 4) is 5.75 Å². The molecule has 0 saturated heterocycles. The molecule has 0 saturated carbocycles. The van der Waals surface area contributed by atoms with E-state index >= 15 is 0 Å².